The standard InChI is InChI=1S/C13H14N2O3/c1-9-3-5-10(6-4-9)15-13(16)11-7-14-18-12(11)8-17-2/h3-7H,8H2,1-2H3,(H,15,16). The Labute approximate surface area is 105 Å². The van der Waals surface area contributed by atoms with Crippen LogP contribution < -0.4 is 5.32 Å². The molecule has 0 unspecified atom stereocenters. The highest BCUT2D eigenvalue weighted by atomic mass is 16.5. The average Bonchev–Trinajstić information content (AvgIpc) is 2.81. The van der Waals surface area contributed by atoms with Crippen LogP contribution >= 0.6 is 0 Å². The molecule has 1 aromatic carbocycles. The van der Waals surface area contributed by atoms with Crippen molar-refractivity contribution in [1.82, 2.24) is 5.16 Å². The molecule has 0 aliphatic carbocycles. The predicted molar refractivity (Wildman–Crippen MR) is 66.3 cm³/mol. The van der Waals surface area contributed by atoms with Gasteiger partial charge in [0.15, 0.2) is 5.76 Å². The van der Waals surface area contributed by atoms with E-state index in [4.69, 9.17) is 9.26 Å². The summed E-state index contributed by atoms with van der Waals surface area (Å²) in [6.45, 7) is 2.21. The molecule has 0 spiro atoms. The van der Waals surface area contributed by atoms with Crippen molar-refractivity contribution < 1.29 is 14.1 Å². The molecule has 0 saturated heterocycles. The van der Waals surface area contributed by atoms with Gasteiger partial charge in [0.2, 0.25) is 0 Å². The minimum absolute atomic E-state index is 0.219. The van der Waals surface area contributed by atoms with Crippen LogP contribution in [0.15, 0.2) is 35.0 Å². The van der Waals surface area contributed by atoms with Gasteiger partial charge in [-0.2, -0.15) is 0 Å². The minimum atomic E-state index is -0.257. The molecule has 0 radical (unpaired) electrons. The molecule has 0 aliphatic heterocycles. The molecular formula is C13H14N2O3. The lowest BCUT2D eigenvalue weighted by Gasteiger charge is -2.04. The van der Waals surface area contributed by atoms with E-state index in [1.807, 2.05) is 31.2 Å². The van der Waals surface area contributed by atoms with Gasteiger partial charge in [-0.05, 0) is 19.1 Å². The van der Waals surface area contributed by atoms with Gasteiger partial charge < -0.3 is 14.6 Å². The molecule has 0 saturated carbocycles. The van der Waals surface area contributed by atoms with E-state index in [0.29, 0.717) is 11.3 Å². The van der Waals surface area contributed by atoms with E-state index in [1.165, 1.54) is 13.3 Å². The summed E-state index contributed by atoms with van der Waals surface area (Å²) >= 11 is 0. The van der Waals surface area contributed by atoms with Crippen LogP contribution in [0.25, 0.3) is 0 Å². The first-order chi connectivity index (χ1) is 8.70. The second kappa shape index (κ2) is 5.46. The van der Waals surface area contributed by atoms with Crippen LogP contribution in [-0.4, -0.2) is 18.2 Å². The van der Waals surface area contributed by atoms with Crippen LogP contribution in [-0.2, 0) is 11.3 Å². The molecule has 1 heterocycles. The van der Waals surface area contributed by atoms with Crippen molar-refractivity contribution in [3.8, 4) is 0 Å². The number of anilines is 1. The zero-order valence-electron chi connectivity index (χ0n) is 10.3. The summed E-state index contributed by atoms with van der Waals surface area (Å²) in [4.78, 5) is 12.0. The minimum Gasteiger partial charge on any atom is -0.377 e. The van der Waals surface area contributed by atoms with Gasteiger partial charge in [-0.25, -0.2) is 0 Å². The molecule has 0 fully saturated rings. The van der Waals surface area contributed by atoms with Gasteiger partial charge in [0.25, 0.3) is 5.91 Å². The average molecular weight is 246 g/mol. The monoisotopic (exact) mass is 246 g/mol. The SMILES string of the molecule is COCc1oncc1C(=O)Nc1ccc(C)cc1. The second-order valence-corrected chi connectivity index (χ2v) is 3.92. The Morgan fingerprint density at radius 1 is 1.39 bits per heavy atom. The van der Waals surface area contributed by atoms with Gasteiger partial charge in [-0.1, -0.05) is 22.9 Å². The van der Waals surface area contributed by atoms with E-state index in [2.05, 4.69) is 10.5 Å². The fourth-order valence-corrected chi connectivity index (χ4v) is 1.52. The molecule has 1 aromatic heterocycles. The number of ether oxygens (including phenoxy) is 1. The molecule has 0 bridgehead atoms. The van der Waals surface area contributed by atoms with Crippen molar-refractivity contribution in [3.63, 3.8) is 0 Å². The quantitative estimate of drug-likeness (QED) is 0.899. The van der Waals surface area contributed by atoms with Crippen molar-refractivity contribution in [1.29, 1.82) is 0 Å². The Kier molecular flexibility index (Phi) is 3.74. The zero-order valence-corrected chi connectivity index (χ0v) is 10.3. The van der Waals surface area contributed by atoms with Gasteiger partial charge in [0, 0.05) is 12.8 Å². The second-order valence-electron chi connectivity index (χ2n) is 3.92. The van der Waals surface area contributed by atoms with Crippen LogP contribution in [0, 0.1) is 6.92 Å². The van der Waals surface area contributed by atoms with E-state index in [9.17, 15) is 4.79 Å². The molecule has 94 valence electrons. The summed E-state index contributed by atoms with van der Waals surface area (Å²) in [5.74, 6) is 0.161. The normalized spacial score (nSPS) is 10.3. The number of benzene rings is 1. The molecule has 0 aliphatic rings. The Balaban J connectivity index is 2.11. The lowest BCUT2D eigenvalue weighted by molar-refractivity contribution is 0.101. The fraction of sp³-hybridized carbons (Fsp3) is 0.231. The number of rotatable bonds is 4. The first-order valence-corrected chi connectivity index (χ1v) is 5.51. The van der Waals surface area contributed by atoms with Crippen molar-refractivity contribution in [2.75, 3.05) is 12.4 Å². The summed E-state index contributed by atoms with van der Waals surface area (Å²) < 4.78 is 9.88. The van der Waals surface area contributed by atoms with Gasteiger partial charge in [-0.3, -0.25) is 4.79 Å². The molecule has 5 heteroatoms. The summed E-state index contributed by atoms with van der Waals surface area (Å²) in [5, 5.41) is 6.38. The van der Waals surface area contributed by atoms with E-state index < -0.39 is 0 Å². The zero-order chi connectivity index (χ0) is 13.0. The summed E-state index contributed by atoms with van der Waals surface area (Å²) in [6.07, 6.45) is 1.39. The molecule has 1 amide bonds. The number of hydrogen-bond acceptors (Lipinski definition) is 4. The summed E-state index contributed by atoms with van der Waals surface area (Å²) in [5.41, 5.74) is 2.26. The highest BCUT2D eigenvalue weighted by Crippen LogP contribution is 2.14. The van der Waals surface area contributed by atoms with Crippen LogP contribution in [0.1, 0.15) is 21.7 Å². The summed E-state index contributed by atoms with van der Waals surface area (Å²) in [7, 11) is 1.53. The van der Waals surface area contributed by atoms with E-state index in [1.54, 1.807) is 0 Å². The highest BCUT2D eigenvalue weighted by Gasteiger charge is 2.15. The number of methoxy groups -OCH3 is 1. The number of carbonyl (C=O) groups excluding carboxylic acids is 1. The molecule has 0 atom stereocenters. The molecule has 1 N–H and O–H groups in total. The van der Waals surface area contributed by atoms with E-state index in [0.717, 1.165) is 11.3 Å². The van der Waals surface area contributed by atoms with Crippen molar-refractivity contribution >= 4 is 11.6 Å². The first-order valence-electron chi connectivity index (χ1n) is 5.51. The Morgan fingerprint density at radius 2 is 2.11 bits per heavy atom. The number of nitrogens with zero attached hydrogens (tertiary/aromatic N) is 1. The first kappa shape index (κ1) is 12.3. The maximum atomic E-state index is 12.0. The van der Waals surface area contributed by atoms with Crippen LogP contribution in [0.3, 0.4) is 0 Å². The third-order valence-corrected chi connectivity index (χ3v) is 2.47. The van der Waals surface area contributed by atoms with E-state index >= 15 is 0 Å². The number of amides is 1. The number of aryl methyl sites for hydroxylation is 1. The fourth-order valence-electron chi connectivity index (χ4n) is 1.52. The molecular weight excluding hydrogens is 232 g/mol. The molecule has 18 heavy (non-hydrogen) atoms. The lowest BCUT2D eigenvalue weighted by Crippen LogP contribution is -2.13. The Hall–Kier alpha value is -2.14. The maximum absolute atomic E-state index is 12.0. The molecule has 5 nitrogen and oxygen atoms in total. The Bertz CT molecular complexity index is 531. The Morgan fingerprint density at radius 3 is 2.78 bits per heavy atom. The van der Waals surface area contributed by atoms with Crippen molar-refractivity contribution in [2.24, 2.45) is 0 Å². The number of carbonyl (C=O) groups is 1. The maximum Gasteiger partial charge on any atom is 0.261 e. The molecule has 2 aromatic rings. The van der Waals surface area contributed by atoms with Crippen LogP contribution in [0.4, 0.5) is 5.69 Å². The smallest absolute Gasteiger partial charge is 0.261 e. The van der Waals surface area contributed by atoms with Gasteiger partial charge in [0.05, 0.1) is 6.20 Å². The number of aromatic nitrogens is 1. The van der Waals surface area contributed by atoms with Gasteiger partial charge in [-0.15, -0.1) is 0 Å². The number of nitrogens with one attached hydrogen (secondary N) is 1. The van der Waals surface area contributed by atoms with Gasteiger partial charge >= 0.3 is 0 Å². The largest absolute Gasteiger partial charge is 0.377 e. The number of hydrogen-bond donors (Lipinski definition) is 1. The van der Waals surface area contributed by atoms with Crippen LogP contribution in [0.5, 0.6) is 0 Å². The topological polar surface area (TPSA) is 64.4 Å². The predicted octanol–water partition coefficient (Wildman–Crippen LogP) is 2.38. The third-order valence-electron chi connectivity index (χ3n) is 2.47. The van der Waals surface area contributed by atoms with Gasteiger partial charge in [0.1, 0.15) is 12.2 Å². The van der Waals surface area contributed by atoms with Crippen LogP contribution in [0.2, 0.25) is 0 Å². The summed E-state index contributed by atoms with van der Waals surface area (Å²) in [6, 6.07) is 7.55. The van der Waals surface area contributed by atoms with Crippen molar-refractivity contribution in [3.05, 3.63) is 47.3 Å². The van der Waals surface area contributed by atoms with Crippen molar-refractivity contribution in [2.45, 2.75) is 13.5 Å². The van der Waals surface area contributed by atoms with E-state index in [-0.39, 0.29) is 12.5 Å². The molecule has 2 rings (SSSR count). The lowest BCUT2D eigenvalue weighted by atomic mass is 10.2. The highest BCUT2D eigenvalue weighted by molar-refractivity contribution is 6.04. The third kappa shape index (κ3) is 2.75.